The fraction of sp³-hybridized carbons (Fsp3) is 0.235. The lowest BCUT2D eigenvalue weighted by molar-refractivity contribution is 0.0843. The van der Waals surface area contributed by atoms with Crippen LogP contribution in [-0.4, -0.2) is 23.1 Å². The number of methoxy groups -OCH3 is 1. The number of ketones is 1. The quantitative estimate of drug-likeness (QED) is 0.891. The first kappa shape index (κ1) is 14.3. The highest BCUT2D eigenvalue weighted by molar-refractivity contribution is 6.03. The van der Waals surface area contributed by atoms with E-state index < -0.39 is 6.10 Å². The number of phenolic OH excluding ortho intramolecular Hbond substituents is 2. The van der Waals surface area contributed by atoms with E-state index in [-0.39, 0.29) is 29.3 Å². The smallest absolute Gasteiger partial charge is 0.174 e. The summed E-state index contributed by atoms with van der Waals surface area (Å²) >= 11 is 0. The summed E-state index contributed by atoms with van der Waals surface area (Å²) in [6, 6.07) is 7.96. The molecule has 5 heteroatoms. The van der Waals surface area contributed by atoms with E-state index in [0.717, 1.165) is 5.56 Å². The van der Waals surface area contributed by atoms with Gasteiger partial charge in [0.1, 0.15) is 34.7 Å². The van der Waals surface area contributed by atoms with Gasteiger partial charge in [-0.1, -0.05) is 12.1 Å². The van der Waals surface area contributed by atoms with Crippen LogP contribution < -0.4 is 9.47 Å². The van der Waals surface area contributed by atoms with Gasteiger partial charge in [0.05, 0.1) is 13.5 Å². The van der Waals surface area contributed by atoms with Crippen LogP contribution in [0.25, 0.3) is 0 Å². The molecule has 0 spiro atoms. The normalized spacial score (nSPS) is 16.8. The predicted octanol–water partition coefficient (Wildman–Crippen LogP) is 3.12. The molecule has 0 aliphatic carbocycles. The van der Waals surface area contributed by atoms with E-state index >= 15 is 0 Å². The maximum Gasteiger partial charge on any atom is 0.174 e. The summed E-state index contributed by atoms with van der Waals surface area (Å²) in [5.41, 5.74) is 1.67. The predicted molar refractivity (Wildman–Crippen MR) is 79.8 cm³/mol. The summed E-state index contributed by atoms with van der Waals surface area (Å²) in [5.74, 6) is 0.664. The van der Waals surface area contributed by atoms with Gasteiger partial charge >= 0.3 is 0 Å². The van der Waals surface area contributed by atoms with Gasteiger partial charge in [0, 0.05) is 11.6 Å². The molecule has 0 saturated carbocycles. The van der Waals surface area contributed by atoms with Crippen molar-refractivity contribution in [1.29, 1.82) is 0 Å². The Morgan fingerprint density at radius 2 is 1.91 bits per heavy atom. The SMILES string of the molecule is COc1cc(O)c2c(c1C)OC(c1ccc(O)cc1)CC2=O. The maximum absolute atomic E-state index is 12.4. The van der Waals surface area contributed by atoms with Crippen LogP contribution in [0, 0.1) is 6.92 Å². The number of aromatic hydroxyl groups is 2. The summed E-state index contributed by atoms with van der Waals surface area (Å²) in [5, 5.41) is 19.4. The number of Topliss-reactive ketones (excluding diaryl/α,β-unsaturated/α-hetero) is 1. The lowest BCUT2D eigenvalue weighted by Crippen LogP contribution is -2.21. The Morgan fingerprint density at radius 3 is 2.55 bits per heavy atom. The van der Waals surface area contributed by atoms with Gasteiger partial charge < -0.3 is 19.7 Å². The number of benzene rings is 2. The summed E-state index contributed by atoms with van der Waals surface area (Å²) in [7, 11) is 1.50. The monoisotopic (exact) mass is 300 g/mol. The fourth-order valence-electron chi connectivity index (χ4n) is 2.68. The van der Waals surface area contributed by atoms with E-state index in [1.165, 1.54) is 13.2 Å². The van der Waals surface area contributed by atoms with Crippen LogP contribution >= 0.6 is 0 Å². The Labute approximate surface area is 127 Å². The van der Waals surface area contributed by atoms with E-state index in [4.69, 9.17) is 9.47 Å². The Balaban J connectivity index is 2.06. The zero-order chi connectivity index (χ0) is 15.9. The van der Waals surface area contributed by atoms with Crippen LogP contribution in [0.3, 0.4) is 0 Å². The van der Waals surface area contributed by atoms with Crippen LogP contribution in [0.2, 0.25) is 0 Å². The maximum atomic E-state index is 12.4. The zero-order valence-corrected chi connectivity index (χ0v) is 12.3. The third-order valence-corrected chi connectivity index (χ3v) is 3.86. The Bertz CT molecular complexity index is 734. The molecule has 0 saturated heterocycles. The average Bonchev–Trinajstić information content (AvgIpc) is 2.50. The molecule has 5 nitrogen and oxygen atoms in total. The van der Waals surface area contributed by atoms with Gasteiger partial charge in [-0.15, -0.1) is 0 Å². The minimum atomic E-state index is -0.453. The van der Waals surface area contributed by atoms with Crippen LogP contribution in [0.5, 0.6) is 23.0 Å². The first-order valence-electron chi connectivity index (χ1n) is 6.90. The van der Waals surface area contributed by atoms with Gasteiger partial charge in [-0.3, -0.25) is 4.79 Å². The molecule has 0 radical (unpaired) electrons. The van der Waals surface area contributed by atoms with Crippen molar-refractivity contribution in [3.05, 3.63) is 47.0 Å². The van der Waals surface area contributed by atoms with Crippen LogP contribution in [-0.2, 0) is 0 Å². The molecular weight excluding hydrogens is 284 g/mol. The molecule has 1 unspecified atom stereocenters. The van der Waals surface area contributed by atoms with Crippen LogP contribution in [0.4, 0.5) is 0 Å². The molecule has 3 rings (SSSR count). The standard InChI is InChI=1S/C17H16O5/c1-9-14(21-2)7-12(19)16-13(20)8-15(22-17(9)16)10-3-5-11(18)6-4-10/h3-7,15,18-19H,8H2,1-2H3. The van der Waals surface area contributed by atoms with Crippen molar-refractivity contribution in [2.45, 2.75) is 19.4 Å². The number of rotatable bonds is 2. The summed E-state index contributed by atoms with van der Waals surface area (Å²) in [4.78, 5) is 12.4. The molecule has 1 heterocycles. The van der Waals surface area contributed by atoms with Gasteiger partial charge in [-0.25, -0.2) is 0 Å². The third-order valence-electron chi connectivity index (χ3n) is 3.86. The number of fused-ring (bicyclic) bond motifs is 1. The van der Waals surface area contributed by atoms with Crippen molar-refractivity contribution in [2.24, 2.45) is 0 Å². The van der Waals surface area contributed by atoms with Crippen molar-refractivity contribution < 1.29 is 24.5 Å². The van der Waals surface area contributed by atoms with Crippen molar-refractivity contribution in [1.82, 2.24) is 0 Å². The number of ether oxygens (including phenoxy) is 2. The summed E-state index contributed by atoms with van der Waals surface area (Å²) in [6.45, 7) is 1.78. The van der Waals surface area contributed by atoms with Gasteiger partial charge in [-0.2, -0.15) is 0 Å². The molecule has 2 aromatic carbocycles. The number of carbonyl (C=O) groups excluding carboxylic acids is 1. The van der Waals surface area contributed by atoms with E-state index in [9.17, 15) is 15.0 Å². The highest BCUT2D eigenvalue weighted by Crippen LogP contribution is 2.45. The Hall–Kier alpha value is -2.69. The highest BCUT2D eigenvalue weighted by atomic mass is 16.5. The minimum absolute atomic E-state index is 0.133. The number of hydrogen-bond donors (Lipinski definition) is 2. The summed E-state index contributed by atoms with van der Waals surface area (Å²) in [6.07, 6.45) is -0.317. The second-order valence-corrected chi connectivity index (χ2v) is 5.25. The van der Waals surface area contributed by atoms with Crippen LogP contribution in [0.15, 0.2) is 30.3 Å². The molecule has 0 fully saturated rings. The molecule has 1 aliphatic heterocycles. The van der Waals surface area contributed by atoms with Gasteiger partial charge in [-0.05, 0) is 24.6 Å². The lowest BCUT2D eigenvalue weighted by Gasteiger charge is -2.28. The van der Waals surface area contributed by atoms with Gasteiger partial charge in [0.25, 0.3) is 0 Å². The average molecular weight is 300 g/mol. The highest BCUT2D eigenvalue weighted by Gasteiger charge is 2.32. The topological polar surface area (TPSA) is 76.0 Å². The third kappa shape index (κ3) is 2.24. The second kappa shape index (κ2) is 5.26. The largest absolute Gasteiger partial charge is 0.508 e. The van der Waals surface area contributed by atoms with Crippen LogP contribution in [0.1, 0.15) is 34.0 Å². The Kier molecular flexibility index (Phi) is 3.41. The minimum Gasteiger partial charge on any atom is -0.508 e. The molecule has 2 aromatic rings. The van der Waals surface area contributed by atoms with Crippen molar-refractivity contribution >= 4 is 5.78 Å². The molecule has 0 bridgehead atoms. The molecular formula is C17H16O5. The molecule has 0 aromatic heterocycles. The molecule has 114 valence electrons. The first-order valence-corrected chi connectivity index (χ1v) is 6.90. The van der Waals surface area contributed by atoms with Crippen molar-refractivity contribution in [3.63, 3.8) is 0 Å². The molecule has 1 aliphatic rings. The number of carbonyl (C=O) groups is 1. The van der Waals surface area contributed by atoms with Crippen molar-refractivity contribution in [3.8, 4) is 23.0 Å². The number of phenols is 2. The van der Waals surface area contributed by atoms with Crippen molar-refractivity contribution in [2.75, 3.05) is 7.11 Å². The zero-order valence-electron chi connectivity index (χ0n) is 12.3. The fourth-order valence-corrected chi connectivity index (χ4v) is 2.68. The second-order valence-electron chi connectivity index (χ2n) is 5.25. The molecule has 1 atom stereocenters. The summed E-state index contributed by atoms with van der Waals surface area (Å²) < 4.78 is 11.1. The molecule has 22 heavy (non-hydrogen) atoms. The lowest BCUT2D eigenvalue weighted by atomic mass is 9.93. The number of hydrogen-bond acceptors (Lipinski definition) is 5. The van der Waals surface area contributed by atoms with E-state index in [1.54, 1.807) is 31.2 Å². The first-order chi connectivity index (χ1) is 10.5. The Morgan fingerprint density at radius 1 is 1.23 bits per heavy atom. The molecule has 0 amide bonds. The van der Waals surface area contributed by atoms with Gasteiger partial charge in [0.15, 0.2) is 5.78 Å². The molecule has 2 N–H and O–H groups in total. The van der Waals surface area contributed by atoms with Gasteiger partial charge in [0.2, 0.25) is 0 Å². The van der Waals surface area contributed by atoms with E-state index in [2.05, 4.69) is 0 Å². The van der Waals surface area contributed by atoms with E-state index in [0.29, 0.717) is 17.1 Å². The van der Waals surface area contributed by atoms with E-state index in [1.807, 2.05) is 0 Å².